The topological polar surface area (TPSA) is 40.6 Å². The van der Waals surface area contributed by atoms with Crippen LogP contribution in [0.2, 0.25) is 0 Å². The van der Waals surface area contributed by atoms with Crippen LogP contribution in [0.15, 0.2) is 97.3 Å². The first kappa shape index (κ1) is 26.7. The minimum atomic E-state index is -5.12. The van der Waals surface area contributed by atoms with Gasteiger partial charge in [0.25, 0.3) is 11.6 Å². The Labute approximate surface area is 214 Å². The summed E-state index contributed by atoms with van der Waals surface area (Å²) in [7, 11) is 0. The Morgan fingerprint density at radius 1 is 0.553 bits per heavy atom. The molecule has 4 nitrogen and oxygen atoms in total. The monoisotopic (exact) mass is 530 g/mol. The van der Waals surface area contributed by atoms with E-state index in [1.165, 1.54) is 58.3 Å². The highest BCUT2D eigenvalue weighted by molar-refractivity contribution is 6.24. The van der Waals surface area contributed by atoms with E-state index in [1.807, 2.05) is 0 Å². The predicted molar refractivity (Wildman–Crippen MR) is 132 cm³/mol. The number of ketones is 2. The summed E-state index contributed by atoms with van der Waals surface area (Å²) in [4.78, 5) is 27.5. The van der Waals surface area contributed by atoms with Crippen molar-refractivity contribution < 1.29 is 35.9 Å². The van der Waals surface area contributed by atoms with Crippen molar-refractivity contribution in [2.24, 2.45) is 0 Å². The average molecular weight is 530 g/mol. The molecule has 196 valence electrons. The van der Waals surface area contributed by atoms with Gasteiger partial charge in [0.2, 0.25) is 0 Å². The van der Waals surface area contributed by atoms with Crippen molar-refractivity contribution in [3.8, 4) is 0 Å². The van der Waals surface area contributed by atoms with Gasteiger partial charge in [-0.1, -0.05) is 72.8 Å². The molecule has 0 spiro atoms. The van der Waals surface area contributed by atoms with E-state index in [0.29, 0.717) is 11.4 Å². The molecule has 0 bridgehead atoms. The molecule has 0 aromatic heterocycles. The van der Waals surface area contributed by atoms with E-state index in [1.54, 1.807) is 36.4 Å². The molecule has 1 heterocycles. The second kappa shape index (κ2) is 10.6. The van der Waals surface area contributed by atoms with Gasteiger partial charge in [0.15, 0.2) is 0 Å². The van der Waals surface area contributed by atoms with Crippen molar-refractivity contribution in [2.75, 3.05) is 22.9 Å². The van der Waals surface area contributed by atoms with E-state index in [0.717, 1.165) is 12.4 Å². The minimum Gasteiger partial charge on any atom is -0.344 e. The summed E-state index contributed by atoms with van der Waals surface area (Å²) in [5.41, 5.74) is -0.313. The zero-order valence-corrected chi connectivity index (χ0v) is 19.6. The minimum absolute atomic E-state index is 0.0251. The summed E-state index contributed by atoms with van der Waals surface area (Å²) in [6.07, 6.45) is -8.03. The van der Waals surface area contributed by atoms with E-state index in [4.69, 9.17) is 0 Å². The SMILES string of the molecule is O=C(/C(=C/N1CCN(/C=C(/C(=O)C(F)(F)F)c2ccccc2)c2ccccc21)c1ccccc1)C(F)(F)F. The predicted octanol–water partition coefficient (Wildman–Crippen LogP) is 6.66. The lowest BCUT2D eigenvalue weighted by Gasteiger charge is -2.36. The number of hydrogen-bond acceptors (Lipinski definition) is 4. The van der Waals surface area contributed by atoms with Crippen LogP contribution >= 0.6 is 0 Å². The van der Waals surface area contributed by atoms with Gasteiger partial charge in [0.05, 0.1) is 22.5 Å². The van der Waals surface area contributed by atoms with Crippen LogP contribution in [0, 0.1) is 0 Å². The number of benzene rings is 3. The molecule has 3 aromatic rings. The summed E-state index contributed by atoms with van der Waals surface area (Å²) in [5, 5.41) is 0. The van der Waals surface area contributed by atoms with Gasteiger partial charge >= 0.3 is 12.4 Å². The van der Waals surface area contributed by atoms with E-state index < -0.39 is 35.1 Å². The highest BCUT2D eigenvalue weighted by Gasteiger charge is 2.42. The number of nitrogens with zero attached hydrogens (tertiary/aromatic N) is 2. The van der Waals surface area contributed by atoms with Gasteiger partial charge in [-0.2, -0.15) is 26.3 Å². The van der Waals surface area contributed by atoms with Gasteiger partial charge in [-0.05, 0) is 23.3 Å². The van der Waals surface area contributed by atoms with Crippen LogP contribution in [0.5, 0.6) is 0 Å². The molecule has 0 amide bonds. The molecule has 0 radical (unpaired) electrons. The third-order valence-corrected chi connectivity index (χ3v) is 5.83. The maximum absolute atomic E-state index is 13.4. The highest BCUT2D eigenvalue weighted by Crippen LogP contribution is 2.37. The fourth-order valence-electron chi connectivity index (χ4n) is 4.06. The Hall–Kier alpha value is -4.34. The third kappa shape index (κ3) is 5.80. The molecule has 0 aliphatic carbocycles. The van der Waals surface area contributed by atoms with E-state index in [9.17, 15) is 35.9 Å². The Morgan fingerprint density at radius 3 is 1.18 bits per heavy atom. The van der Waals surface area contributed by atoms with Crippen LogP contribution in [0.4, 0.5) is 37.7 Å². The van der Waals surface area contributed by atoms with Gasteiger partial charge in [-0.25, -0.2) is 0 Å². The Bertz CT molecular complexity index is 1270. The van der Waals surface area contributed by atoms with Crippen LogP contribution in [-0.4, -0.2) is 37.0 Å². The quantitative estimate of drug-likeness (QED) is 0.264. The molecule has 0 N–H and O–H groups in total. The van der Waals surface area contributed by atoms with Gasteiger partial charge < -0.3 is 9.80 Å². The fourth-order valence-corrected chi connectivity index (χ4v) is 4.06. The number of carbonyl (C=O) groups excluding carboxylic acids is 2. The number of para-hydroxylation sites is 2. The summed E-state index contributed by atoms with van der Waals surface area (Å²) >= 11 is 0. The maximum Gasteiger partial charge on any atom is 0.454 e. The van der Waals surface area contributed by atoms with Crippen molar-refractivity contribution in [1.29, 1.82) is 0 Å². The first-order chi connectivity index (χ1) is 18.0. The zero-order chi connectivity index (χ0) is 27.5. The molecule has 10 heteroatoms. The molecule has 3 aromatic carbocycles. The lowest BCUT2D eigenvalue weighted by molar-refractivity contribution is -0.164. The van der Waals surface area contributed by atoms with Gasteiger partial charge in [0.1, 0.15) is 0 Å². The first-order valence-electron chi connectivity index (χ1n) is 11.4. The number of rotatable bonds is 6. The van der Waals surface area contributed by atoms with Crippen molar-refractivity contribution in [1.82, 2.24) is 0 Å². The highest BCUT2D eigenvalue weighted by atomic mass is 19.4. The fraction of sp³-hybridized carbons (Fsp3) is 0.143. The number of alkyl halides is 6. The maximum atomic E-state index is 13.4. The molecule has 0 fully saturated rings. The number of carbonyl (C=O) groups is 2. The Balaban J connectivity index is 1.79. The third-order valence-electron chi connectivity index (χ3n) is 5.83. The molecule has 0 unspecified atom stereocenters. The van der Waals surface area contributed by atoms with Crippen molar-refractivity contribution in [2.45, 2.75) is 12.4 Å². The van der Waals surface area contributed by atoms with E-state index >= 15 is 0 Å². The second-order valence-electron chi connectivity index (χ2n) is 8.35. The molecule has 0 saturated carbocycles. The number of fused-ring (bicyclic) bond motifs is 1. The smallest absolute Gasteiger partial charge is 0.344 e. The molecular formula is C28H20F6N2O2. The summed E-state index contributed by atoms with van der Waals surface area (Å²) in [6.45, 7) is 0.0501. The number of halogens is 6. The summed E-state index contributed by atoms with van der Waals surface area (Å²) in [5.74, 6) is -4.05. The van der Waals surface area contributed by atoms with Crippen molar-refractivity contribution >= 4 is 34.1 Å². The average Bonchev–Trinajstić information content (AvgIpc) is 2.90. The van der Waals surface area contributed by atoms with Crippen LogP contribution in [0.3, 0.4) is 0 Å². The van der Waals surface area contributed by atoms with Crippen LogP contribution in [0.25, 0.3) is 11.1 Å². The molecule has 4 rings (SSSR count). The zero-order valence-electron chi connectivity index (χ0n) is 19.6. The van der Waals surface area contributed by atoms with Gasteiger partial charge in [0, 0.05) is 25.5 Å². The van der Waals surface area contributed by atoms with E-state index in [-0.39, 0.29) is 24.2 Å². The van der Waals surface area contributed by atoms with E-state index in [2.05, 4.69) is 0 Å². The lowest BCUT2D eigenvalue weighted by Crippen LogP contribution is -2.37. The molecule has 0 saturated heterocycles. The summed E-state index contributed by atoms with van der Waals surface area (Å²) in [6, 6.07) is 21.1. The number of allylic oxidation sites excluding steroid dienone is 2. The van der Waals surface area contributed by atoms with Crippen molar-refractivity contribution in [3.05, 3.63) is 108 Å². The van der Waals surface area contributed by atoms with Gasteiger partial charge in [-0.15, -0.1) is 0 Å². The first-order valence-corrected chi connectivity index (χ1v) is 11.4. The molecular weight excluding hydrogens is 510 g/mol. The molecule has 1 aliphatic heterocycles. The Kier molecular flexibility index (Phi) is 7.43. The number of hydrogen-bond donors (Lipinski definition) is 0. The van der Waals surface area contributed by atoms with Crippen LogP contribution in [-0.2, 0) is 9.59 Å². The van der Waals surface area contributed by atoms with Crippen LogP contribution < -0.4 is 9.80 Å². The van der Waals surface area contributed by atoms with Crippen LogP contribution in [0.1, 0.15) is 11.1 Å². The number of anilines is 2. The number of Topliss-reactive ketones (excluding diaryl/α,β-unsaturated/α-hetero) is 2. The molecule has 0 atom stereocenters. The Morgan fingerprint density at radius 2 is 0.868 bits per heavy atom. The molecule has 38 heavy (non-hydrogen) atoms. The van der Waals surface area contributed by atoms with Gasteiger partial charge in [-0.3, -0.25) is 9.59 Å². The largest absolute Gasteiger partial charge is 0.454 e. The second-order valence-corrected chi connectivity index (χ2v) is 8.35. The lowest BCUT2D eigenvalue weighted by atomic mass is 10.0. The van der Waals surface area contributed by atoms with Crippen molar-refractivity contribution in [3.63, 3.8) is 0 Å². The normalized spacial score (nSPS) is 14.8. The molecule has 1 aliphatic rings. The summed E-state index contributed by atoms with van der Waals surface area (Å²) < 4.78 is 80.5. The standard InChI is InChI=1S/C28H20F6N2O2/c29-27(30,31)25(37)21(19-9-3-1-4-10-19)17-35-15-16-36(24-14-8-7-13-23(24)35)18-22(26(38)28(32,33)34)20-11-5-2-6-12-20/h1-14,17-18H,15-16H2/b21-17+,22-18+.